The van der Waals surface area contributed by atoms with E-state index in [1.807, 2.05) is 0 Å². The Morgan fingerprint density at radius 2 is 1.30 bits per heavy atom. The van der Waals surface area contributed by atoms with Crippen molar-refractivity contribution < 1.29 is 10.4 Å². The van der Waals surface area contributed by atoms with Crippen molar-refractivity contribution in [2.24, 2.45) is 9.98 Å². The molecule has 0 aliphatic carbocycles. The highest BCUT2D eigenvalue weighted by Gasteiger charge is 2.02. The van der Waals surface area contributed by atoms with Gasteiger partial charge in [0.05, 0.1) is 0 Å². The summed E-state index contributed by atoms with van der Waals surface area (Å²) in [6.07, 6.45) is 0. The van der Waals surface area contributed by atoms with E-state index in [-0.39, 0.29) is 11.7 Å². The molecule has 10 heavy (non-hydrogen) atoms. The van der Waals surface area contributed by atoms with Crippen LogP contribution in [0.25, 0.3) is 0 Å². The lowest BCUT2D eigenvalue weighted by Crippen LogP contribution is -2.37. The Hall–Kier alpha value is -1.14. The molecule has 0 fully saturated rings. The third-order valence-electron chi connectivity index (χ3n) is 0.883. The van der Waals surface area contributed by atoms with E-state index in [4.69, 9.17) is 10.4 Å². The molecule has 0 saturated heterocycles. The lowest BCUT2D eigenvalue weighted by molar-refractivity contribution is 0.223. The van der Waals surface area contributed by atoms with Crippen LogP contribution in [0, 0.1) is 0 Å². The normalized spacial score (nSPS) is 13.2. The van der Waals surface area contributed by atoms with Crippen LogP contribution in [-0.4, -0.2) is 36.2 Å². The van der Waals surface area contributed by atoms with Crippen molar-refractivity contribution in [2.45, 2.75) is 0 Å². The van der Waals surface area contributed by atoms with Crippen molar-refractivity contribution in [2.75, 3.05) is 14.1 Å². The molecule has 0 aliphatic rings. The largest absolute Gasteiger partial charge is 0.290 e. The number of hydrogen-bond acceptors (Lipinski definition) is 4. The van der Waals surface area contributed by atoms with E-state index in [1.54, 1.807) is 11.0 Å². The summed E-state index contributed by atoms with van der Waals surface area (Å²) in [7, 11) is 2.89. The molecule has 0 radical (unpaired) electrons. The minimum atomic E-state index is 0.0741. The maximum Gasteiger partial charge on any atom is 0.189 e. The lowest BCUT2D eigenvalue weighted by Gasteiger charge is -2.03. The van der Waals surface area contributed by atoms with Gasteiger partial charge in [-0.05, 0) is 0 Å². The average molecular weight is 146 g/mol. The molecule has 0 aromatic carbocycles. The fraction of sp³-hybridized carbons (Fsp3) is 0.500. The Morgan fingerprint density at radius 1 is 1.00 bits per heavy atom. The fourth-order valence-corrected chi connectivity index (χ4v) is 0.418. The molecule has 0 saturated carbocycles. The predicted molar refractivity (Wildman–Crippen MR) is 36.6 cm³/mol. The first-order chi connectivity index (χ1) is 4.79. The standard InChI is InChI=1S/C4H10N4O2/c1-5-3(7-9)4(6-2)8-10/h9-10H,1-2H3,(H,5,7)(H,6,8). The zero-order valence-corrected chi connectivity index (χ0v) is 5.79. The average Bonchev–Trinajstić information content (AvgIpc) is 2.00. The molecule has 0 aliphatic heterocycles. The summed E-state index contributed by atoms with van der Waals surface area (Å²) >= 11 is 0. The zero-order valence-electron chi connectivity index (χ0n) is 5.79. The quantitative estimate of drug-likeness (QED) is 0.200. The predicted octanol–water partition coefficient (Wildman–Crippen LogP) is -0.999. The van der Waals surface area contributed by atoms with Crippen molar-refractivity contribution in [3.63, 3.8) is 0 Å². The Bertz CT molecular complexity index is 135. The number of nitrogens with zero attached hydrogens (tertiary/aromatic N) is 2. The second kappa shape index (κ2) is 4.71. The minimum absolute atomic E-state index is 0.0741. The summed E-state index contributed by atoms with van der Waals surface area (Å²) in [6.45, 7) is 0. The van der Waals surface area contributed by atoms with E-state index in [9.17, 15) is 0 Å². The molecule has 0 unspecified atom stereocenters. The number of aliphatic imine (C=N–C) groups is 2. The fourth-order valence-electron chi connectivity index (χ4n) is 0.418. The molecule has 4 N–H and O–H groups in total. The Morgan fingerprint density at radius 3 is 1.40 bits per heavy atom. The molecular weight excluding hydrogens is 136 g/mol. The second-order valence-corrected chi connectivity index (χ2v) is 1.37. The van der Waals surface area contributed by atoms with E-state index in [0.29, 0.717) is 0 Å². The van der Waals surface area contributed by atoms with Gasteiger partial charge in [-0.15, -0.1) is 0 Å². The smallest absolute Gasteiger partial charge is 0.189 e. The van der Waals surface area contributed by atoms with Gasteiger partial charge < -0.3 is 0 Å². The summed E-state index contributed by atoms with van der Waals surface area (Å²) in [5.74, 6) is 0.148. The zero-order chi connectivity index (χ0) is 7.98. The summed E-state index contributed by atoms with van der Waals surface area (Å²) in [6, 6.07) is 0. The highest BCUT2D eigenvalue weighted by Crippen LogP contribution is 1.73. The first kappa shape index (κ1) is 8.86. The first-order valence-electron chi connectivity index (χ1n) is 2.54. The van der Waals surface area contributed by atoms with Gasteiger partial charge in [-0.1, -0.05) is 0 Å². The van der Waals surface area contributed by atoms with Crippen LogP contribution in [0.15, 0.2) is 9.98 Å². The van der Waals surface area contributed by atoms with Crippen LogP contribution < -0.4 is 11.0 Å². The van der Waals surface area contributed by atoms with Crippen LogP contribution >= 0.6 is 0 Å². The molecule has 0 bridgehead atoms. The summed E-state index contributed by atoms with van der Waals surface area (Å²) in [4.78, 5) is 7.10. The lowest BCUT2D eigenvalue weighted by atomic mass is 10.5. The number of nitrogens with one attached hydrogen (secondary N) is 2. The molecule has 0 atom stereocenters. The Balaban J connectivity index is 4.27. The van der Waals surface area contributed by atoms with Gasteiger partial charge in [0.1, 0.15) is 0 Å². The molecule has 6 heteroatoms. The van der Waals surface area contributed by atoms with Crippen molar-refractivity contribution >= 4 is 11.7 Å². The maximum absolute atomic E-state index is 8.35. The van der Waals surface area contributed by atoms with Crippen LogP contribution in [0.3, 0.4) is 0 Å². The van der Waals surface area contributed by atoms with Gasteiger partial charge in [0.2, 0.25) is 0 Å². The number of hydroxylamine groups is 2. The Kier molecular flexibility index (Phi) is 4.17. The third kappa shape index (κ3) is 2.00. The highest BCUT2D eigenvalue weighted by molar-refractivity contribution is 6.39. The molecule has 58 valence electrons. The van der Waals surface area contributed by atoms with E-state index < -0.39 is 0 Å². The summed E-state index contributed by atoms with van der Waals surface area (Å²) in [5, 5.41) is 16.7. The number of hydrogen-bond donors (Lipinski definition) is 4. The van der Waals surface area contributed by atoms with E-state index >= 15 is 0 Å². The van der Waals surface area contributed by atoms with Gasteiger partial charge >= 0.3 is 0 Å². The first-order valence-corrected chi connectivity index (χ1v) is 2.54. The van der Waals surface area contributed by atoms with Gasteiger partial charge in [0.15, 0.2) is 11.7 Å². The Labute approximate surface area is 58.2 Å². The molecule has 0 spiro atoms. The number of rotatable bonds is 0. The van der Waals surface area contributed by atoms with Gasteiger partial charge in [0, 0.05) is 14.1 Å². The van der Waals surface area contributed by atoms with Crippen LogP contribution in [0.5, 0.6) is 0 Å². The molecule has 0 amide bonds. The van der Waals surface area contributed by atoms with Crippen LogP contribution in [0.4, 0.5) is 0 Å². The molecule has 6 nitrogen and oxygen atoms in total. The summed E-state index contributed by atoms with van der Waals surface area (Å²) in [5.41, 5.74) is 3.50. The monoisotopic (exact) mass is 146 g/mol. The minimum Gasteiger partial charge on any atom is -0.290 e. The van der Waals surface area contributed by atoms with Crippen molar-refractivity contribution in [3.05, 3.63) is 0 Å². The highest BCUT2D eigenvalue weighted by atomic mass is 16.5. The third-order valence-corrected chi connectivity index (χ3v) is 0.883. The topological polar surface area (TPSA) is 89.2 Å². The van der Waals surface area contributed by atoms with Crippen molar-refractivity contribution in [3.8, 4) is 0 Å². The van der Waals surface area contributed by atoms with Gasteiger partial charge in [0.25, 0.3) is 0 Å². The maximum atomic E-state index is 8.35. The van der Waals surface area contributed by atoms with E-state index in [2.05, 4.69) is 9.98 Å². The van der Waals surface area contributed by atoms with Gasteiger partial charge in [-0.2, -0.15) is 0 Å². The molecule has 0 aromatic rings. The van der Waals surface area contributed by atoms with E-state index in [1.165, 1.54) is 14.1 Å². The van der Waals surface area contributed by atoms with Crippen molar-refractivity contribution in [1.29, 1.82) is 0 Å². The van der Waals surface area contributed by atoms with Crippen LogP contribution in [0.2, 0.25) is 0 Å². The molecule has 0 heterocycles. The molecule has 0 rings (SSSR count). The van der Waals surface area contributed by atoms with Gasteiger partial charge in [-0.25, -0.2) is 11.0 Å². The molecular formula is C4H10N4O2. The second-order valence-electron chi connectivity index (χ2n) is 1.37. The van der Waals surface area contributed by atoms with Gasteiger partial charge in [-0.3, -0.25) is 20.4 Å². The summed E-state index contributed by atoms with van der Waals surface area (Å²) < 4.78 is 0. The van der Waals surface area contributed by atoms with Crippen LogP contribution in [0.1, 0.15) is 0 Å². The van der Waals surface area contributed by atoms with E-state index in [0.717, 1.165) is 0 Å². The molecule has 0 aromatic heterocycles. The SMILES string of the molecule is CN=C(NO)C(=NC)NO. The van der Waals surface area contributed by atoms with Crippen molar-refractivity contribution in [1.82, 2.24) is 11.0 Å². The van der Waals surface area contributed by atoms with Crippen LogP contribution in [-0.2, 0) is 0 Å². The number of amidine groups is 2.